The Balaban J connectivity index is 1.58. The van der Waals surface area contributed by atoms with E-state index in [4.69, 9.17) is 0 Å². The summed E-state index contributed by atoms with van der Waals surface area (Å²) in [4.78, 5) is 47.7. The normalized spacial score (nSPS) is 17.6. The first kappa shape index (κ1) is 23.7. The lowest BCUT2D eigenvalue weighted by Gasteiger charge is -2.33. The molecule has 1 aromatic heterocycles. The first-order chi connectivity index (χ1) is 15.8. The van der Waals surface area contributed by atoms with Crippen molar-refractivity contribution in [3.05, 3.63) is 92.4 Å². The van der Waals surface area contributed by atoms with E-state index in [-0.39, 0.29) is 18.5 Å². The Bertz CT molecular complexity index is 1100. The molecule has 11 heteroatoms. The highest BCUT2D eigenvalue weighted by atomic mass is 16.7. The molecule has 3 rings (SSSR count). The average Bonchev–Trinajstić information content (AvgIpc) is 2.75. The van der Waals surface area contributed by atoms with E-state index in [9.17, 15) is 29.6 Å². The van der Waals surface area contributed by atoms with Gasteiger partial charge in [-0.1, -0.05) is 36.4 Å². The number of hydrogen-bond donors (Lipinski definition) is 4. The van der Waals surface area contributed by atoms with Crippen LogP contribution in [0.5, 0.6) is 0 Å². The van der Waals surface area contributed by atoms with Crippen molar-refractivity contribution in [3.63, 3.8) is 0 Å². The second-order valence-corrected chi connectivity index (χ2v) is 7.72. The summed E-state index contributed by atoms with van der Waals surface area (Å²) in [5, 5.41) is 25.0. The van der Waals surface area contributed by atoms with Crippen molar-refractivity contribution in [3.8, 4) is 0 Å². The average molecular weight is 455 g/mol. The number of hydrogen-bond acceptors (Lipinski definition) is 6. The van der Waals surface area contributed by atoms with Crippen LogP contribution in [0.4, 0.5) is 0 Å². The molecule has 33 heavy (non-hydrogen) atoms. The lowest BCUT2D eigenvalue weighted by Crippen LogP contribution is -2.60. The molecule has 11 nitrogen and oxygen atoms in total. The Morgan fingerprint density at radius 1 is 1.21 bits per heavy atom. The second kappa shape index (κ2) is 10.6. The number of benzene rings is 1. The van der Waals surface area contributed by atoms with Gasteiger partial charge in [-0.05, 0) is 43.2 Å². The molecule has 1 amide bonds. The Morgan fingerprint density at radius 2 is 1.94 bits per heavy atom. The van der Waals surface area contributed by atoms with Gasteiger partial charge in [0.2, 0.25) is 0 Å². The van der Waals surface area contributed by atoms with Crippen LogP contribution < -0.4 is 21.6 Å². The van der Waals surface area contributed by atoms with Crippen molar-refractivity contribution in [2.45, 2.75) is 37.5 Å². The lowest BCUT2D eigenvalue weighted by atomic mass is 9.95. The Labute approximate surface area is 189 Å². The van der Waals surface area contributed by atoms with Gasteiger partial charge in [-0.25, -0.2) is 14.9 Å². The highest BCUT2D eigenvalue weighted by Crippen LogP contribution is 2.19. The molecule has 1 unspecified atom stereocenters. The molecule has 1 aliphatic carbocycles. The summed E-state index contributed by atoms with van der Waals surface area (Å²) >= 11 is 0. The van der Waals surface area contributed by atoms with Crippen molar-refractivity contribution in [1.82, 2.24) is 20.6 Å². The Morgan fingerprint density at radius 3 is 2.55 bits per heavy atom. The molecule has 4 N–H and O–H groups in total. The van der Waals surface area contributed by atoms with Crippen molar-refractivity contribution in [1.29, 1.82) is 0 Å². The fourth-order valence-corrected chi connectivity index (χ4v) is 3.50. The van der Waals surface area contributed by atoms with Crippen LogP contribution >= 0.6 is 0 Å². The number of carbonyl (C=O) groups excluding carboxylic acids is 1. The van der Waals surface area contributed by atoms with E-state index >= 15 is 0 Å². The molecule has 0 saturated carbocycles. The van der Waals surface area contributed by atoms with Gasteiger partial charge in [0, 0.05) is 12.6 Å². The minimum absolute atomic E-state index is 0.0807. The quantitative estimate of drug-likeness (QED) is 0.121. The van der Waals surface area contributed by atoms with Crippen LogP contribution in [0.3, 0.4) is 0 Å². The monoisotopic (exact) mass is 455 g/mol. The van der Waals surface area contributed by atoms with Crippen LogP contribution in [0, 0.1) is 10.1 Å². The summed E-state index contributed by atoms with van der Waals surface area (Å²) in [5.74, 6) is -2.00. The molecule has 1 heterocycles. The summed E-state index contributed by atoms with van der Waals surface area (Å²) in [6.07, 6.45) is 5.81. The number of hydrazine groups is 1. The van der Waals surface area contributed by atoms with Crippen molar-refractivity contribution in [2.75, 3.05) is 6.54 Å². The smallest absolute Gasteiger partial charge is 0.326 e. The number of amides is 1. The van der Waals surface area contributed by atoms with E-state index in [1.165, 1.54) is 10.6 Å². The van der Waals surface area contributed by atoms with E-state index in [2.05, 4.69) is 16.1 Å². The van der Waals surface area contributed by atoms with Gasteiger partial charge in [0.05, 0.1) is 6.54 Å². The number of rotatable bonds is 12. The molecule has 0 aliphatic heterocycles. The topological polar surface area (TPSA) is 156 Å². The zero-order valence-corrected chi connectivity index (χ0v) is 17.8. The lowest BCUT2D eigenvalue weighted by molar-refractivity contribution is -0.559. The maximum absolute atomic E-state index is 12.7. The zero-order valence-electron chi connectivity index (χ0n) is 17.8. The SMILES string of the molecule is O=C(N[C@@H](CCCNC1(N[N+](=O)[O-])C=CC1)C(=O)O)c1cccn(Cc2ccccc2)c1=O. The van der Waals surface area contributed by atoms with Gasteiger partial charge >= 0.3 is 5.97 Å². The van der Waals surface area contributed by atoms with E-state index < -0.39 is 34.2 Å². The standard InChI is InChI=1S/C22H25N5O6/c28-19(17-9-5-14-26(20(17)29)15-16-7-2-1-3-8-16)24-18(21(30)31)10-4-13-23-22(11-6-12-22)25-27(32)33/h1-3,5-9,11,14,18,23,25H,4,10,12-13,15H2,(H,24,28)(H,30,31)/t18-,22?/m0/s1. The van der Waals surface area contributed by atoms with Gasteiger partial charge in [-0.15, -0.1) is 5.43 Å². The maximum Gasteiger partial charge on any atom is 0.326 e. The van der Waals surface area contributed by atoms with Gasteiger partial charge in [0.15, 0.2) is 10.7 Å². The molecule has 0 radical (unpaired) electrons. The predicted octanol–water partition coefficient (Wildman–Crippen LogP) is 0.887. The molecule has 1 aliphatic rings. The van der Waals surface area contributed by atoms with Crippen LogP contribution in [-0.4, -0.2) is 44.8 Å². The minimum Gasteiger partial charge on any atom is -0.480 e. The van der Waals surface area contributed by atoms with Crippen LogP contribution in [0.1, 0.15) is 35.2 Å². The predicted molar refractivity (Wildman–Crippen MR) is 119 cm³/mol. The first-order valence-corrected chi connectivity index (χ1v) is 10.4. The summed E-state index contributed by atoms with van der Waals surface area (Å²) < 4.78 is 1.39. The van der Waals surface area contributed by atoms with Crippen molar-refractivity contribution < 1.29 is 19.7 Å². The number of carboxylic acid groups (broad SMARTS) is 1. The van der Waals surface area contributed by atoms with E-state index in [0.717, 1.165) is 5.56 Å². The van der Waals surface area contributed by atoms with E-state index in [0.29, 0.717) is 19.4 Å². The third kappa shape index (κ3) is 6.26. The summed E-state index contributed by atoms with van der Waals surface area (Å²) in [7, 11) is 0. The highest BCUT2D eigenvalue weighted by Gasteiger charge is 2.35. The third-order valence-corrected chi connectivity index (χ3v) is 5.31. The minimum atomic E-state index is -1.23. The Hall–Kier alpha value is -3.99. The summed E-state index contributed by atoms with van der Waals surface area (Å²) in [6, 6.07) is 11.0. The Kier molecular flexibility index (Phi) is 7.57. The van der Waals surface area contributed by atoms with Gasteiger partial charge < -0.3 is 15.0 Å². The maximum atomic E-state index is 12.7. The van der Waals surface area contributed by atoms with Gasteiger partial charge in [-0.2, -0.15) is 0 Å². The number of pyridine rings is 1. The molecule has 2 atom stereocenters. The molecule has 2 aromatic rings. The van der Waals surface area contributed by atoms with Crippen molar-refractivity contribution in [2.24, 2.45) is 0 Å². The molecule has 0 spiro atoms. The molecule has 0 saturated heterocycles. The number of aromatic nitrogens is 1. The fraction of sp³-hybridized carbons (Fsp3) is 0.318. The molecule has 1 aromatic carbocycles. The molecular weight excluding hydrogens is 430 g/mol. The second-order valence-electron chi connectivity index (χ2n) is 7.72. The number of nitrogens with zero attached hydrogens (tertiary/aromatic N) is 2. The molecular formula is C22H25N5O6. The summed E-state index contributed by atoms with van der Waals surface area (Å²) in [6.45, 7) is 0.573. The highest BCUT2D eigenvalue weighted by molar-refractivity contribution is 5.96. The number of carbonyl (C=O) groups is 2. The van der Waals surface area contributed by atoms with Crippen LogP contribution in [0.15, 0.2) is 65.6 Å². The van der Waals surface area contributed by atoms with E-state index in [1.807, 2.05) is 30.3 Å². The van der Waals surface area contributed by atoms with Crippen molar-refractivity contribution >= 4 is 11.9 Å². The van der Waals surface area contributed by atoms with Crippen LogP contribution in [0.25, 0.3) is 0 Å². The number of carboxylic acids is 1. The largest absolute Gasteiger partial charge is 0.480 e. The summed E-state index contributed by atoms with van der Waals surface area (Å²) in [5.41, 5.74) is 1.46. The third-order valence-electron chi connectivity index (χ3n) is 5.31. The van der Waals surface area contributed by atoms with Gasteiger partial charge in [0.1, 0.15) is 11.6 Å². The molecule has 0 fully saturated rings. The fourth-order valence-electron chi connectivity index (χ4n) is 3.50. The first-order valence-electron chi connectivity index (χ1n) is 10.4. The number of nitro groups is 1. The zero-order chi connectivity index (χ0) is 23.8. The van der Waals surface area contributed by atoms with Crippen LogP contribution in [0.2, 0.25) is 0 Å². The van der Waals surface area contributed by atoms with Gasteiger partial charge in [0.25, 0.3) is 11.5 Å². The van der Waals surface area contributed by atoms with Gasteiger partial charge in [-0.3, -0.25) is 14.9 Å². The van der Waals surface area contributed by atoms with E-state index in [1.54, 1.807) is 24.4 Å². The molecule has 174 valence electrons. The number of aliphatic carboxylic acids is 1. The molecule has 0 bridgehead atoms. The van der Waals surface area contributed by atoms with Crippen LogP contribution in [-0.2, 0) is 11.3 Å². The number of nitrogens with one attached hydrogen (secondary N) is 3.